The van der Waals surface area contributed by atoms with E-state index in [1.165, 1.54) is 21.5 Å². The number of hydrogen-bond acceptors (Lipinski definition) is 5. The van der Waals surface area contributed by atoms with Gasteiger partial charge in [-0.05, 0) is 61.2 Å². The molecule has 0 bridgehead atoms. The molecule has 228 valence electrons. The molecule has 4 aromatic rings. The highest BCUT2D eigenvalue weighted by molar-refractivity contribution is 6.31. The van der Waals surface area contributed by atoms with Crippen molar-refractivity contribution in [1.29, 1.82) is 0 Å². The van der Waals surface area contributed by atoms with E-state index in [9.17, 15) is 28.7 Å². The number of hydrogen-bond donors (Lipinski definition) is 1. The number of anilines is 1. The highest BCUT2D eigenvalue weighted by Crippen LogP contribution is 2.62. The Hall–Kier alpha value is -4.96. The number of carbonyl (C=O) groups excluding carboxylic acids is 2. The van der Waals surface area contributed by atoms with Crippen molar-refractivity contribution in [3.63, 3.8) is 0 Å². The predicted octanol–water partition coefficient (Wildman–Crippen LogP) is 4.89. The number of nitrogens with zero attached hydrogens (tertiary/aromatic N) is 4. The molecule has 1 aliphatic carbocycles. The molecule has 1 saturated carbocycles. The normalized spacial score (nSPS) is 23.8. The van der Waals surface area contributed by atoms with Gasteiger partial charge in [0, 0.05) is 11.5 Å². The molecule has 0 unspecified atom stereocenters. The van der Waals surface area contributed by atoms with Crippen LogP contribution in [0.25, 0.3) is 5.69 Å². The Bertz CT molecular complexity index is 2080. The Labute approximate surface area is 261 Å². The van der Waals surface area contributed by atoms with Gasteiger partial charge in [0.25, 0.3) is 0 Å². The number of amides is 2. The highest BCUT2D eigenvalue weighted by atomic mass is 35.5. The number of rotatable bonds is 5. The number of phenolic OH excluding ortho intramolecular Hbond substituents is 1. The molecule has 0 spiro atoms. The van der Waals surface area contributed by atoms with Crippen molar-refractivity contribution in [2.75, 3.05) is 4.90 Å². The average molecular weight is 627 g/mol. The van der Waals surface area contributed by atoms with Crippen LogP contribution < -0.4 is 16.3 Å². The molecule has 1 aromatic heterocycles. The number of aromatic nitrogens is 3. The summed E-state index contributed by atoms with van der Waals surface area (Å²) in [5.74, 6) is -3.61. The van der Waals surface area contributed by atoms with Gasteiger partial charge >= 0.3 is 11.4 Å². The Balaban J connectivity index is 1.46. The fraction of sp³-hybridized carbons (Fsp3) is 0.235. The SMILES string of the molecule is C=CCc1cccc([C@H]2C3=CCn4c(=O)n(-c5ccccc5)c(=O)n4[C@@H]3C[C@H]3C(=O)N(c4ccc(F)c(Cl)c4)C(=O)[C@@]23C)c1O. The van der Waals surface area contributed by atoms with Gasteiger partial charge in [-0.1, -0.05) is 60.2 Å². The lowest BCUT2D eigenvalue weighted by molar-refractivity contribution is -0.129. The summed E-state index contributed by atoms with van der Waals surface area (Å²) in [4.78, 5) is 57.4. The van der Waals surface area contributed by atoms with E-state index in [1.807, 2.05) is 6.08 Å². The molecule has 2 aliphatic heterocycles. The Morgan fingerprint density at radius 2 is 1.78 bits per heavy atom. The maximum atomic E-state index is 14.5. The summed E-state index contributed by atoms with van der Waals surface area (Å²) in [6.45, 7) is 5.53. The van der Waals surface area contributed by atoms with E-state index in [4.69, 9.17) is 11.6 Å². The molecule has 45 heavy (non-hydrogen) atoms. The summed E-state index contributed by atoms with van der Waals surface area (Å²) in [6.07, 6.45) is 3.88. The summed E-state index contributed by atoms with van der Waals surface area (Å²) in [5.41, 5.74) is -0.329. The van der Waals surface area contributed by atoms with Crippen molar-refractivity contribution in [3.05, 3.63) is 134 Å². The van der Waals surface area contributed by atoms with Crippen LogP contribution in [0.2, 0.25) is 5.02 Å². The van der Waals surface area contributed by atoms with Gasteiger partial charge in [0.05, 0.1) is 40.3 Å². The van der Waals surface area contributed by atoms with Crippen molar-refractivity contribution in [1.82, 2.24) is 13.9 Å². The van der Waals surface area contributed by atoms with E-state index < -0.39 is 52.3 Å². The average Bonchev–Trinajstić information content (AvgIpc) is 3.40. The monoisotopic (exact) mass is 626 g/mol. The third kappa shape index (κ3) is 3.98. The second-order valence-electron chi connectivity index (χ2n) is 11.8. The fourth-order valence-electron chi connectivity index (χ4n) is 7.45. The number of phenols is 1. The first-order valence-electron chi connectivity index (χ1n) is 14.5. The molecule has 3 aromatic carbocycles. The summed E-state index contributed by atoms with van der Waals surface area (Å²) < 4.78 is 17.9. The van der Waals surface area contributed by atoms with Crippen molar-refractivity contribution in [2.24, 2.45) is 11.3 Å². The molecule has 0 radical (unpaired) electrons. The van der Waals surface area contributed by atoms with E-state index >= 15 is 0 Å². The maximum Gasteiger partial charge on any atom is 0.352 e. The minimum absolute atomic E-state index is 0.0374. The minimum atomic E-state index is -1.40. The summed E-state index contributed by atoms with van der Waals surface area (Å²) in [7, 11) is 0. The number of para-hydroxylation sites is 2. The van der Waals surface area contributed by atoms with Crippen LogP contribution in [0.3, 0.4) is 0 Å². The topological polar surface area (TPSA) is 107 Å². The summed E-state index contributed by atoms with van der Waals surface area (Å²) >= 11 is 6.06. The second kappa shape index (κ2) is 10.3. The van der Waals surface area contributed by atoms with Gasteiger partial charge < -0.3 is 5.11 Å². The third-order valence-electron chi connectivity index (χ3n) is 9.54. The van der Waals surface area contributed by atoms with Gasteiger partial charge in [-0.2, -0.15) is 0 Å². The minimum Gasteiger partial charge on any atom is -0.507 e. The highest BCUT2D eigenvalue weighted by Gasteiger charge is 2.65. The molecular formula is C34H28ClFN4O5. The van der Waals surface area contributed by atoms with Crippen LogP contribution in [-0.2, 0) is 22.6 Å². The van der Waals surface area contributed by atoms with Gasteiger partial charge in [-0.25, -0.2) is 32.8 Å². The van der Waals surface area contributed by atoms with E-state index in [1.54, 1.807) is 61.5 Å². The van der Waals surface area contributed by atoms with E-state index in [0.29, 0.717) is 28.8 Å². The van der Waals surface area contributed by atoms with Gasteiger partial charge in [0.15, 0.2) is 0 Å². The fourth-order valence-corrected chi connectivity index (χ4v) is 7.63. The molecule has 2 amide bonds. The van der Waals surface area contributed by atoms with Crippen molar-refractivity contribution < 1.29 is 19.1 Å². The standard InChI is InChI=1S/C34H28ClFN4O5/c1-3-8-19-9-7-12-23(29(19)41)28-22-15-16-37-32(44)39(20-10-5-4-6-11-20)33(45)40(37)27(22)18-24-30(42)38(31(43)34(24,28)2)21-13-14-26(36)25(35)17-21/h3-7,9-15,17,24,27-28,41H,1,8,16,18H2,2H3/t24-,27+,28+,34+/m0/s1. The first-order valence-corrected chi connectivity index (χ1v) is 14.9. The zero-order chi connectivity index (χ0) is 31.8. The molecule has 3 heterocycles. The lowest BCUT2D eigenvalue weighted by atomic mass is 9.56. The number of halogens is 2. The van der Waals surface area contributed by atoms with Crippen LogP contribution in [-0.4, -0.2) is 30.9 Å². The molecule has 11 heteroatoms. The number of fused-ring (bicyclic) bond motifs is 4. The number of aromatic hydroxyl groups is 1. The van der Waals surface area contributed by atoms with Crippen molar-refractivity contribution in [3.8, 4) is 11.4 Å². The number of benzene rings is 3. The van der Waals surface area contributed by atoms with Gasteiger partial charge in [0.2, 0.25) is 11.8 Å². The number of imide groups is 1. The van der Waals surface area contributed by atoms with E-state index in [2.05, 4.69) is 6.58 Å². The summed E-state index contributed by atoms with van der Waals surface area (Å²) in [5, 5.41) is 11.3. The molecule has 4 atom stereocenters. The molecule has 3 aliphatic rings. The lowest BCUT2D eigenvalue weighted by Gasteiger charge is -2.47. The molecule has 2 fully saturated rings. The molecular weight excluding hydrogens is 599 g/mol. The lowest BCUT2D eigenvalue weighted by Crippen LogP contribution is -2.49. The predicted molar refractivity (Wildman–Crippen MR) is 166 cm³/mol. The van der Waals surface area contributed by atoms with E-state index in [-0.39, 0.29) is 29.4 Å². The molecule has 1 N–H and O–H groups in total. The van der Waals surface area contributed by atoms with Gasteiger partial charge in [-0.3, -0.25) is 9.59 Å². The zero-order valence-corrected chi connectivity index (χ0v) is 24.9. The Morgan fingerprint density at radius 1 is 1.02 bits per heavy atom. The Kier molecular flexibility index (Phi) is 6.59. The first-order chi connectivity index (χ1) is 21.6. The largest absolute Gasteiger partial charge is 0.507 e. The van der Waals surface area contributed by atoms with Crippen molar-refractivity contribution in [2.45, 2.75) is 38.3 Å². The van der Waals surface area contributed by atoms with Crippen LogP contribution in [0, 0.1) is 17.2 Å². The zero-order valence-electron chi connectivity index (χ0n) is 24.2. The second-order valence-corrected chi connectivity index (χ2v) is 12.2. The van der Waals surface area contributed by atoms with Crippen LogP contribution in [0.4, 0.5) is 10.1 Å². The smallest absolute Gasteiger partial charge is 0.352 e. The summed E-state index contributed by atoms with van der Waals surface area (Å²) in [6, 6.07) is 16.7. The van der Waals surface area contributed by atoms with Gasteiger partial charge in [-0.15, -0.1) is 6.58 Å². The first kappa shape index (κ1) is 28.8. The Morgan fingerprint density at radius 3 is 2.49 bits per heavy atom. The molecule has 7 rings (SSSR count). The van der Waals surface area contributed by atoms with Crippen LogP contribution in [0.1, 0.15) is 36.4 Å². The maximum absolute atomic E-state index is 14.5. The van der Waals surface area contributed by atoms with Crippen LogP contribution in [0.15, 0.2) is 101 Å². The third-order valence-corrected chi connectivity index (χ3v) is 9.83. The molecule has 9 nitrogen and oxygen atoms in total. The number of allylic oxidation sites excluding steroid dienone is 3. The number of carbonyl (C=O) groups is 2. The molecule has 1 saturated heterocycles. The quantitative estimate of drug-likeness (QED) is 0.251. The van der Waals surface area contributed by atoms with E-state index in [0.717, 1.165) is 15.5 Å². The van der Waals surface area contributed by atoms with Crippen LogP contribution >= 0.6 is 11.6 Å². The van der Waals surface area contributed by atoms with Crippen LogP contribution in [0.5, 0.6) is 5.75 Å². The van der Waals surface area contributed by atoms with Crippen molar-refractivity contribution >= 4 is 29.1 Å². The van der Waals surface area contributed by atoms with Gasteiger partial charge in [0.1, 0.15) is 11.6 Å².